The number of nitrogens with one attached hydrogen (secondary N) is 2. The van der Waals surface area contributed by atoms with Crippen LogP contribution in [-0.2, 0) is 16.8 Å². The third-order valence-electron chi connectivity index (χ3n) is 6.36. The van der Waals surface area contributed by atoms with Gasteiger partial charge in [-0.1, -0.05) is 42.5 Å². The van der Waals surface area contributed by atoms with Gasteiger partial charge in [0.1, 0.15) is 22.9 Å². The largest absolute Gasteiger partial charge is 0.480 e. The maximum Gasteiger partial charge on any atom is 0.461 e. The van der Waals surface area contributed by atoms with Crippen LogP contribution in [0.25, 0.3) is 0 Å². The maximum atomic E-state index is 14.8. The van der Waals surface area contributed by atoms with Gasteiger partial charge in [-0.05, 0) is 53.8 Å². The number of ether oxygens (including phenoxy) is 1. The Labute approximate surface area is 218 Å². The molecule has 0 aromatic heterocycles. The molecule has 0 spiro atoms. The van der Waals surface area contributed by atoms with Crippen LogP contribution in [0.5, 0.6) is 5.75 Å². The summed E-state index contributed by atoms with van der Waals surface area (Å²) < 4.78 is 85.8. The number of hydrogen-bond acceptors (Lipinski definition) is 3. The molecule has 0 radical (unpaired) electrons. The number of carboxylic acids is 1. The highest BCUT2D eigenvalue weighted by Gasteiger charge is 2.52. The minimum atomic E-state index is -4.95. The second-order valence-electron chi connectivity index (χ2n) is 9.18. The van der Waals surface area contributed by atoms with Gasteiger partial charge in [0, 0.05) is 12.5 Å². The topological polar surface area (TPSA) is 87.7 Å². The molecular formula is C27H22F6N2O4. The first kappa shape index (κ1) is 27.8. The predicted molar refractivity (Wildman–Crippen MR) is 127 cm³/mol. The molecule has 1 atom stereocenters. The Bertz CT molecular complexity index is 1350. The number of carbonyl (C=O) groups is 2. The van der Waals surface area contributed by atoms with E-state index < -0.39 is 53.0 Å². The molecule has 6 nitrogen and oxygen atoms in total. The number of aliphatic carboxylic acids is 1. The van der Waals surface area contributed by atoms with Gasteiger partial charge in [0.15, 0.2) is 0 Å². The molecule has 2 amide bonds. The molecular weight excluding hydrogens is 530 g/mol. The van der Waals surface area contributed by atoms with Crippen LogP contribution in [0.15, 0.2) is 72.8 Å². The molecule has 1 saturated carbocycles. The monoisotopic (exact) mass is 552 g/mol. The molecule has 0 aliphatic heterocycles. The third-order valence-corrected chi connectivity index (χ3v) is 6.36. The van der Waals surface area contributed by atoms with Crippen molar-refractivity contribution in [2.24, 2.45) is 0 Å². The second kappa shape index (κ2) is 10.5. The fourth-order valence-corrected chi connectivity index (χ4v) is 4.23. The highest BCUT2D eigenvalue weighted by molar-refractivity contribution is 5.89. The first-order valence-corrected chi connectivity index (χ1v) is 11.6. The molecule has 3 aromatic carbocycles. The predicted octanol–water partition coefficient (Wildman–Crippen LogP) is 5.60. The quantitative estimate of drug-likeness (QED) is 0.286. The van der Waals surface area contributed by atoms with Crippen LogP contribution in [0, 0.1) is 11.6 Å². The Kier molecular flexibility index (Phi) is 7.49. The Morgan fingerprint density at radius 3 is 2.13 bits per heavy atom. The fraction of sp³-hybridized carbons (Fsp3) is 0.259. The number of halogens is 6. The summed E-state index contributed by atoms with van der Waals surface area (Å²) in [5, 5.41) is 14.5. The average molecular weight is 552 g/mol. The number of urea groups is 1. The van der Waals surface area contributed by atoms with Crippen molar-refractivity contribution < 1.29 is 45.8 Å². The summed E-state index contributed by atoms with van der Waals surface area (Å²) in [7, 11) is 0. The lowest BCUT2D eigenvalue weighted by atomic mass is 9.77. The van der Waals surface area contributed by atoms with Crippen molar-refractivity contribution >= 4 is 12.0 Å². The number of amides is 2. The molecule has 0 saturated heterocycles. The highest BCUT2D eigenvalue weighted by Crippen LogP contribution is 2.39. The first-order valence-electron chi connectivity index (χ1n) is 11.6. The Balaban J connectivity index is 1.88. The normalized spacial score (nSPS) is 15.8. The van der Waals surface area contributed by atoms with Gasteiger partial charge in [-0.25, -0.2) is 18.4 Å². The van der Waals surface area contributed by atoms with E-state index in [0.29, 0.717) is 11.6 Å². The molecule has 0 bridgehead atoms. The van der Waals surface area contributed by atoms with Crippen LogP contribution in [-0.4, -0.2) is 35.2 Å². The zero-order valence-corrected chi connectivity index (χ0v) is 20.1. The first-order chi connectivity index (χ1) is 18.3. The van der Waals surface area contributed by atoms with E-state index in [2.05, 4.69) is 15.4 Å². The molecule has 206 valence electrons. The smallest absolute Gasteiger partial charge is 0.461 e. The lowest BCUT2D eigenvalue weighted by Gasteiger charge is -2.37. The van der Waals surface area contributed by atoms with E-state index in [1.807, 2.05) is 0 Å². The number of carboxylic acid groups (broad SMARTS) is 1. The van der Waals surface area contributed by atoms with E-state index >= 15 is 0 Å². The van der Waals surface area contributed by atoms with Crippen molar-refractivity contribution in [2.45, 2.75) is 42.9 Å². The van der Waals surface area contributed by atoms with Crippen LogP contribution in [0.1, 0.15) is 29.5 Å². The molecule has 1 aliphatic rings. The van der Waals surface area contributed by atoms with Crippen molar-refractivity contribution in [2.75, 3.05) is 0 Å². The van der Waals surface area contributed by atoms with Gasteiger partial charge in [-0.15, -0.1) is 0 Å². The number of hydrogen-bond donors (Lipinski definition) is 3. The summed E-state index contributed by atoms with van der Waals surface area (Å²) in [6.45, 7) is 0. The molecule has 3 aromatic rings. The molecule has 0 heterocycles. The summed E-state index contributed by atoms with van der Waals surface area (Å²) in [6.07, 6.45) is -9.03. The van der Waals surface area contributed by atoms with Crippen molar-refractivity contribution in [1.82, 2.24) is 10.6 Å². The Morgan fingerprint density at radius 2 is 1.56 bits per heavy atom. The van der Waals surface area contributed by atoms with E-state index in [4.69, 9.17) is 0 Å². The zero-order chi connectivity index (χ0) is 28.4. The Hall–Kier alpha value is -4.22. The van der Waals surface area contributed by atoms with Crippen molar-refractivity contribution in [1.29, 1.82) is 0 Å². The molecule has 1 aliphatic carbocycles. The number of carbonyl (C=O) groups excluding carboxylic acids is 1. The standard InChI is InChI=1S/C27H22F6N2O4/c28-19-8-6-17(7-9-19)26(15-16-4-2-1-3-5-16,35-24(38)34-25(10-11-25)23(36)37)18-12-20(29)14-21(13-18)39-27(32,33)22(30)31/h1-9,12-14,22H,10-11,15H2,(H,36,37)(H2,34,35,38). The zero-order valence-electron chi connectivity index (χ0n) is 20.1. The molecule has 1 unspecified atom stereocenters. The summed E-state index contributed by atoms with van der Waals surface area (Å²) >= 11 is 0. The van der Waals surface area contributed by atoms with E-state index in [9.17, 15) is 41.0 Å². The van der Waals surface area contributed by atoms with Crippen LogP contribution in [0.4, 0.5) is 31.1 Å². The minimum Gasteiger partial charge on any atom is -0.480 e. The van der Waals surface area contributed by atoms with Crippen molar-refractivity contribution in [3.63, 3.8) is 0 Å². The van der Waals surface area contributed by atoms with E-state index in [1.165, 1.54) is 12.1 Å². The minimum absolute atomic E-state index is 0.151. The van der Waals surface area contributed by atoms with Gasteiger partial charge < -0.3 is 20.5 Å². The number of alkyl halides is 4. The molecule has 39 heavy (non-hydrogen) atoms. The van der Waals surface area contributed by atoms with Gasteiger partial charge >= 0.3 is 24.5 Å². The summed E-state index contributed by atoms with van der Waals surface area (Å²) in [5.41, 5.74) is -2.88. The molecule has 1 fully saturated rings. The Morgan fingerprint density at radius 1 is 0.923 bits per heavy atom. The lowest BCUT2D eigenvalue weighted by Crippen LogP contribution is -2.56. The SMILES string of the molecule is O=C(NC1(C(=O)O)CC1)NC(Cc1ccccc1)(c1ccc(F)cc1)c1cc(F)cc(OC(F)(F)C(F)F)c1. The van der Waals surface area contributed by atoms with Crippen LogP contribution in [0.3, 0.4) is 0 Å². The molecule has 4 rings (SSSR count). The summed E-state index contributed by atoms with van der Waals surface area (Å²) in [6, 6.07) is 14.2. The summed E-state index contributed by atoms with van der Waals surface area (Å²) in [5.74, 6) is -4.04. The number of benzene rings is 3. The lowest BCUT2D eigenvalue weighted by molar-refractivity contribution is -0.253. The summed E-state index contributed by atoms with van der Waals surface area (Å²) in [4.78, 5) is 24.9. The van der Waals surface area contributed by atoms with Gasteiger partial charge in [0.2, 0.25) is 0 Å². The van der Waals surface area contributed by atoms with Gasteiger partial charge in [-0.2, -0.15) is 17.6 Å². The fourth-order valence-electron chi connectivity index (χ4n) is 4.23. The molecule has 3 N–H and O–H groups in total. The third kappa shape index (κ3) is 6.10. The van der Waals surface area contributed by atoms with Gasteiger partial charge in [0.25, 0.3) is 0 Å². The number of rotatable bonds is 10. The maximum absolute atomic E-state index is 14.8. The van der Waals surface area contributed by atoms with E-state index in [1.54, 1.807) is 30.3 Å². The average Bonchev–Trinajstić information content (AvgIpc) is 3.64. The van der Waals surface area contributed by atoms with E-state index in [-0.39, 0.29) is 30.4 Å². The van der Waals surface area contributed by atoms with Crippen molar-refractivity contribution in [3.8, 4) is 5.75 Å². The molecule has 12 heteroatoms. The van der Waals surface area contributed by atoms with Gasteiger partial charge in [0.05, 0.1) is 5.54 Å². The van der Waals surface area contributed by atoms with Crippen molar-refractivity contribution in [3.05, 3.63) is 101 Å². The van der Waals surface area contributed by atoms with Crippen LogP contribution in [0.2, 0.25) is 0 Å². The van der Waals surface area contributed by atoms with Gasteiger partial charge in [-0.3, -0.25) is 0 Å². The van der Waals surface area contributed by atoms with Crippen LogP contribution >= 0.6 is 0 Å². The van der Waals surface area contributed by atoms with E-state index in [0.717, 1.165) is 24.3 Å². The van der Waals surface area contributed by atoms with Crippen LogP contribution < -0.4 is 15.4 Å². The highest BCUT2D eigenvalue weighted by atomic mass is 19.3. The second-order valence-corrected chi connectivity index (χ2v) is 9.18.